The van der Waals surface area contributed by atoms with Crippen LogP contribution >= 0.6 is 0 Å². The minimum absolute atomic E-state index is 0.0925. The molecule has 1 aliphatic rings. The zero-order valence-corrected chi connectivity index (χ0v) is 9.22. The van der Waals surface area contributed by atoms with Crippen molar-refractivity contribution in [1.82, 2.24) is 0 Å². The van der Waals surface area contributed by atoms with Crippen LogP contribution in [0.4, 0.5) is 20.2 Å². The molecule has 0 amide bonds. The number of methoxy groups -OCH3 is 1. The highest BCUT2D eigenvalue weighted by Gasteiger charge is 2.34. The summed E-state index contributed by atoms with van der Waals surface area (Å²) in [6.07, 6.45) is 0.185. The average molecular weight is 242 g/mol. The summed E-state index contributed by atoms with van der Waals surface area (Å²) in [5, 5.41) is 0. The molecular formula is C11H12F2N2O2. The van der Waals surface area contributed by atoms with E-state index in [9.17, 15) is 13.6 Å². The van der Waals surface area contributed by atoms with Crippen LogP contribution in [0.1, 0.15) is 11.1 Å². The number of ether oxygens (including phenoxy) is 1. The van der Waals surface area contributed by atoms with Crippen LogP contribution in [0.5, 0.6) is 0 Å². The molecule has 4 nitrogen and oxygen atoms in total. The third-order valence-electron chi connectivity index (χ3n) is 3.09. The third kappa shape index (κ3) is 1.60. The van der Waals surface area contributed by atoms with E-state index in [0.29, 0.717) is 0 Å². The lowest BCUT2D eigenvalue weighted by atomic mass is 10.1. The van der Waals surface area contributed by atoms with E-state index in [0.717, 1.165) is 0 Å². The Morgan fingerprint density at radius 3 is 1.94 bits per heavy atom. The minimum Gasteiger partial charge on any atom is -0.469 e. The van der Waals surface area contributed by atoms with Crippen molar-refractivity contribution in [2.24, 2.45) is 5.92 Å². The standard InChI is InChI=1S/C11H12F2N2O2/c1-17-11(16)4-2-5-6(3-4)8(13)10(15)9(14)7(5)12/h4H,2-3,14-15H2,1H3. The topological polar surface area (TPSA) is 78.3 Å². The summed E-state index contributed by atoms with van der Waals surface area (Å²) < 4.78 is 32.1. The summed E-state index contributed by atoms with van der Waals surface area (Å²) in [7, 11) is 1.24. The van der Waals surface area contributed by atoms with Gasteiger partial charge in [0.25, 0.3) is 0 Å². The molecule has 2 rings (SSSR count). The van der Waals surface area contributed by atoms with Crippen molar-refractivity contribution in [2.75, 3.05) is 18.6 Å². The molecule has 0 atom stereocenters. The first-order valence-corrected chi connectivity index (χ1v) is 5.08. The van der Waals surface area contributed by atoms with E-state index in [4.69, 9.17) is 11.5 Å². The smallest absolute Gasteiger partial charge is 0.309 e. The SMILES string of the molecule is COC(=O)C1Cc2c(F)c(N)c(N)c(F)c2C1. The first-order chi connectivity index (χ1) is 7.97. The summed E-state index contributed by atoms with van der Waals surface area (Å²) in [5.41, 5.74) is 10.2. The second-order valence-corrected chi connectivity index (χ2v) is 4.04. The molecule has 0 unspecified atom stereocenters. The molecule has 0 saturated carbocycles. The first-order valence-electron chi connectivity index (χ1n) is 5.08. The molecule has 1 aromatic carbocycles. The van der Waals surface area contributed by atoms with Gasteiger partial charge in [-0.05, 0) is 24.0 Å². The van der Waals surface area contributed by atoms with Gasteiger partial charge in [-0.15, -0.1) is 0 Å². The molecule has 17 heavy (non-hydrogen) atoms. The number of benzene rings is 1. The number of nitrogen functional groups attached to an aromatic ring is 2. The van der Waals surface area contributed by atoms with E-state index in [1.165, 1.54) is 7.11 Å². The van der Waals surface area contributed by atoms with Gasteiger partial charge in [-0.3, -0.25) is 4.79 Å². The fourth-order valence-electron chi connectivity index (χ4n) is 2.15. The van der Waals surface area contributed by atoms with Crippen molar-refractivity contribution in [3.05, 3.63) is 22.8 Å². The maximum atomic E-state index is 13.8. The molecule has 92 valence electrons. The van der Waals surface area contributed by atoms with Crippen LogP contribution in [0, 0.1) is 17.6 Å². The quantitative estimate of drug-likeness (QED) is 0.569. The predicted octanol–water partition coefficient (Wildman–Crippen LogP) is 1.02. The van der Waals surface area contributed by atoms with Gasteiger partial charge in [0.2, 0.25) is 0 Å². The Hall–Kier alpha value is -1.85. The summed E-state index contributed by atoms with van der Waals surface area (Å²) in [6, 6.07) is 0. The van der Waals surface area contributed by atoms with E-state index in [1.54, 1.807) is 0 Å². The summed E-state index contributed by atoms with van der Waals surface area (Å²) in [5.74, 6) is -2.52. The van der Waals surface area contributed by atoms with Crippen molar-refractivity contribution < 1.29 is 18.3 Å². The molecule has 0 fully saturated rings. The van der Waals surface area contributed by atoms with Gasteiger partial charge in [0.1, 0.15) is 0 Å². The van der Waals surface area contributed by atoms with E-state index >= 15 is 0 Å². The zero-order valence-electron chi connectivity index (χ0n) is 9.22. The van der Waals surface area contributed by atoms with E-state index in [1.807, 2.05) is 0 Å². The molecule has 0 aromatic heterocycles. The average Bonchev–Trinajstić information content (AvgIpc) is 2.77. The third-order valence-corrected chi connectivity index (χ3v) is 3.09. The molecule has 4 N–H and O–H groups in total. The summed E-state index contributed by atoms with van der Waals surface area (Å²) >= 11 is 0. The van der Waals surface area contributed by atoms with E-state index in [-0.39, 0.29) is 24.0 Å². The number of nitrogens with two attached hydrogens (primary N) is 2. The number of halogens is 2. The molecule has 1 aromatic rings. The minimum atomic E-state index is -0.731. The van der Waals surface area contributed by atoms with Crippen LogP contribution in [0.2, 0.25) is 0 Å². The monoisotopic (exact) mass is 242 g/mol. The largest absolute Gasteiger partial charge is 0.469 e. The molecule has 0 spiro atoms. The van der Waals surface area contributed by atoms with Crippen LogP contribution < -0.4 is 11.5 Å². The first kappa shape index (κ1) is 11.6. The zero-order chi connectivity index (χ0) is 12.7. The number of rotatable bonds is 1. The number of fused-ring (bicyclic) bond motifs is 1. The Labute approximate surface area is 96.5 Å². The molecule has 0 heterocycles. The van der Waals surface area contributed by atoms with Crippen molar-refractivity contribution in [3.63, 3.8) is 0 Å². The second-order valence-electron chi connectivity index (χ2n) is 4.04. The highest BCUT2D eigenvalue weighted by atomic mass is 19.1. The highest BCUT2D eigenvalue weighted by molar-refractivity contribution is 5.76. The van der Waals surface area contributed by atoms with Crippen molar-refractivity contribution in [3.8, 4) is 0 Å². The van der Waals surface area contributed by atoms with Crippen LogP contribution in [-0.4, -0.2) is 13.1 Å². The lowest BCUT2D eigenvalue weighted by Crippen LogP contribution is -2.16. The predicted molar refractivity (Wildman–Crippen MR) is 58.1 cm³/mol. The number of hydrogen-bond acceptors (Lipinski definition) is 4. The summed E-state index contributed by atoms with van der Waals surface area (Å²) in [4.78, 5) is 11.3. The Kier molecular flexibility index (Phi) is 2.65. The van der Waals surface area contributed by atoms with Gasteiger partial charge in [0, 0.05) is 0 Å². The number of hydrogen-bond donors (Lipinski definition) is 2. The second kappa shape index (κ2) is 3.87. The Morgan fingerprint density at radius 2 is 1.59 bits per heavy atom. The van der Waals surface area contributed by atoms with Gasteiger partial charge in [0.05, 0.1) is 24.4 Å². The summed E-state index contributed by atoms with van der Waals surface area (Å²) in [6.45, 7) is 0. The van der Waals surface area contributed by atoms with E-state index < -0.39 is 34.9 Å². The Morgan fingerprint density at radius 1 is 1.18 bits per heavy atom. The van der Waals surface area contributed by atoms with Gasteiger partial charge >= 0.3 is 5.97 Å². The molecule has 0 radical (unpaired) electrons. The van der Waals surface area contributed by atoms with Gasteiger partial charge in [-0.1, -0.05) is 0 Å². The maximum Gasteiger partial charge on any atom is 0.309 e. The number of esters is 1. The normalized spacial score (nSPS) is 14.8. The van der Waals surface area contributed by atoms with Crippen LogP contribution in [0.3, 0.4) is 0 Å². The lowest BCUT2D eigenvalue weighted by molar-refractivity contribution is -0.145. The fraction of sp³-hybridized carbons (Fsp3) is 0.364. The molecule has 0 bridgehead atoms. The van der Waals surface area contributed by atoms with Crippen molar-refractivity contribution in [1.29, 1.82) is 0 Å². The highest BCUT2D eigenvalue weighted by Crippen LogP contribution is 2.37. The van der Waals surface area contributed by atoms with Gasteiger partial charge in [0.15, 0.2) is 11.6 Å². The molecule has 0 aliphatic heterocycles. The van der Waals surface area contributed by atoms with Gasteiger partial charge in [-0.2, -0.15) is 0 Å². The molecule has 0 saturated heterocycles. The van der Waals surface area contributed by atoms with Crippen molar-refractivity contribution in [2.45, 2.75) is 12.8 Å². The number of anilines is 2. The molecule has 6 heteroatoms. The van der Waals surface area contributed by atoms with E-state index in [2.05, 4.69) is 4.74 Å². The van der Waals surface area contributed by atoms with Crippen LogP contribution in [0.25, 0.3) is 0 Å². The fourth-order valence-corrected chi connectivity index (χ4v) is 2.15. The lowest BCUT2D eigenvalue weighted by Gasteiger charge is -2.09. The molecule has 1 aliphatic carbocycles. The number of carbonyl (C=O) groups is 1. The Bertz CT molecular complexity index is 466. The molecular weight excluding hydrogens is 230 g/mol. The Balaban J connectivity index is 2.49. The van der Waals surface area contributed by atoms with Crippen LogP contribution in [-0.2, 0) is 22.4 Å². The maximum absolute atomic E-state index is 13.8. The number of carbonyl (C=O) groups excluding carboxylic acids is 1. The van der Waals surface area contributed by atoms with Crippen LogP contribution in [0.15, 0.2) is 0 Å². The van der Waals surface area contributed by atoms with Gasteiger partial charge < -0.3 is 16.2 Å². The van der Waals surface area contributed by atoms with Gasteiger partial charge in [-0.25, -0.2) is 8.78 Å². The van der Waals surface area contributed by atoms with Crippen molar-refractivity contribution >= 4 is 17.3 Å².